The number of carbonyl (C=O) groups excluding carboxylic acids is 2. The van der Waals surface area contributed by atoms with Crippen LogP contribution in [0.1, 0.15) is 37.4 Å². The first-order valence-electron chi connectivity index (χ1n) is 8.36. The molecule has 2 aliphatic rings. The van der Waals surface area contributed by atoms with Gasteiger partial charge in [0.2, 0.25) is 5.91 Å². The van der Waals surface area contributed by atoms with Crippen LogP contribution in [0.15, 0.2) is 29.2 Å². The zero-order valence-electron chi connectivity index (χ0n) is 14.1. The molecule has 0 radical (unpaired) electrons. The number of imide groups is 1. The maximum Gasteiger partial charge on any atom is 0.327 e. The minimum atomic E-state index is -3.31. The molecule has 2 fully saturated rings. The van der Waals surface area contributed by atoms with E-state index in [1.807, 2.05) is 0 Å². The van der Waals surface area contributed by atoms with Crippen molar-refractivity contribution >= 4 is 21.8 Å². The number of amides is 3. The van der Waals surface area contributed by atoms with Gasteiger partial charge in [-0.1, -0.05) is 25.0 Å². The monoisotopic (exact) mass is 366 g/mol. The Balaban J connectivity index is 1.69. The normalized spacial score (nSPS) is 20.6. The first-order chi connectivity index (χ1) is 11.8. The van der Waals surface area contributed by atoms with Crippen molar-refractivity contribution in [3.8, 4) is 0 Å². The highest BCUT2D eigenvalue weighted by molar-refractivity contribution is 7.90. The van der Waals surface area contributed by atoms with Crippen LogP contribution in [0.3, 0.4) is 0 Å². The average molecular weight is 366 g/mol. The van der Waals surface area contributed by atoms with Gasteiger partial charge in [0.05, 0.1) is 17.5 Å². The van der Waals surface area contributed by atoms with E-state index in [4.69, 9.17) is 0 Å². The molecule has 1 unspecified atom stereocenters. The van der Waals surface area contributed by atoms with Crippen molar-refractivity contribution in [1.29, 1.82) is 0 Å². The zero-order chi connectivity index (χ0) is 18.2. The van der Waals surface area contributed by atoms with Gasteiger partial charge in [-0.2, -0.15) is 0 Å². The van der Waals surface area contributed by atoms with Crippen molar-refractivity contribution < 1.29 is 23.1 Å². The number of benzene rings is 1. The van der Waals surface area contributed by atoms with Gasteiger partial charge in [0, 0.05) is 12.3 Å². The number of carbonyl (C=O) groups is 2. The lowest BCUT2D eigenvalue weighted by atomic mass is 10.1. The molecular formula is C17H22N2O5S. The molecule has 1 aliphatic carbocycles. The molecule has 25 heavy (non-hydrogen) atoms. The molecule has 1 aromatic carbocycles. The summed E-state index contributed by atoms with van der Waals surface area (Å²) in [5.41, 5.74) is 0.465. The smallest absolute Gasteiger partial charge is 0.327 e. The molecular weight excluding hydrogens is 344 g/mol. The van der Waals surface area contributed by atoms with Gasteiger partial charge in [0.1, 0.15) is 6.54 Å². The summed E-state index contributed by atoms with van der Waals surface area (Å²) in [6, 6.07) is 5.59. The van der Waals surface area contributed by atoms with Crippen molar-refractivity contribution in [2.24, 2.45) is 0 Å². The maximum atomic E-state index is 12.5. The Morgan fingerprint density at radius 1 is 1.16 bits per heavy atom. The van der Waals surface area contributed by atoms with Crippen LogP contribution in [0.5, 0.6) is 0 Å². The Morgan fingerprint density at radius 2 is 1.76 bits per heavy atom. The molecule has 1 atom stereocenters. The number of rotatable bonds is 5. The van der Waals surface area contributed by atoms with Gasteiger partial charge in [0.25, 0.3) is 0 Å². The molecule has 0 bridgehead atoms. The van der Waals surface area contributed by atoms with Crippen LogP contribution in [-0.2, 0) is 14.6 Å². The standard InChI is InChI=1S/C17H22N2O5S/c1-25(23,24)14-8-6-12(7-9-14)15(20)10-19-16(21)11-18(17(19)22)13-4-2-3-5-13/h6-9,13,15,20H,2-5,10-11H2,1H3. The molecule has 1 saturated carbocycles. The highest BCUT2D eigenvalue weighted by Gasteiger charge is 2.41. The summed E-state index contributed by atoms with van der Waals surface area (Å²) in [5.74, 6) is -0.302. The first kappa shape index (κ1) is 17.9. The molecule has 0 aromatic heterocycles. The van der Waals surface area contributed by atoms with Gasteiger partial charge in [-0.25, -0.2) is 13.2 Å². The minimum Gasteiger partial charge on any atom is -0.387 e. The number of aliphatic hydroxyl groups excluding tert-OH is 1. The second-order valence-electron chi connectivity index (χ2n) is 6.71. The quantitative estimate of drug-likeness (QED) is 0.793. The highest BCUT2D eigenvalue weighted by Crippen LogP contribution is 2.28. The number of β-amino-alcohol motifs (C(OH)–C–C–N with tert-alkyl or cyclic N) is 1. The number of hydrogen-bond donors (Lipinski definition) is 1. The molecule has 1 saturated heterocycles. The predicted octanol–water partition coefficient (Wildman–Crippen LogP) is 1.33. The fourth-order valence-corrected chi connectivity index (χ4v) is 4.09. The predicted molar refractivity (Wildman–Crippen MR) is 90.6 cm³/mol. The van der Waals surface area contributed by atoms with Crippen molar-refractivity contribution in [3.05, 3.63) is 29.8 Å². The summed E-state index contributed by atoms with van der Waals surface area (Å²) in [6.45, 7) is -0.0532. The third kappa shape index (κ3) is 3.69. The van der Waals surface area contributed by atoms with Crippen LogP contribution < -0.4 is 0 Å². The fraction of sp³-hybridized carbons (Fsp3) is 0.529. The summed E-state index contributed by atoms with van der Waals surface area (Å²) in [6.07, 6.45) is 4.03. The SMILES string of the molecule is CS(=O)(=O)c1ccc(C(O)CN2C(=O)CN(C3CCCC3)C2=O)cc1. The summed E-state index contributed by atoms with van der Waals surface area (Å²) in [4.78, 5) is 27.5. The van der Waals surface area contributed by atoms with E-state index in [1.165, 1.54) is 24.3 Å². The number of urea groups is 1. The minimum absolute atomic E-state index is 0.0727. The largest absolute Gasteiger partial charge is 0.387 e. The van der Waals surface area contributed by atoms with Crippen LogP contribution >= 0.6 is 0 Å². The van der Waals surface area contributed by atoms with Crippen molar-refractivity contribution in [1.82, 2.24) is 9.80 Å². The molecule has 7 nitrogen and oxygen atoms in total. The van der Waals surface area contributed by atoms with Crippen molar-refractivity contribution in [2.45, 2.75) is 42.7 Å². The highest BCUT2D eigenvalue weighted by atomic mass is 32.2. The summed E-state index contributed by atoms with van der Waals surface area (Å²) >= 11 is 0. The van der Waals surface area contributed by atoms with E-state index in [0.29, 0.717) is 5.56 Å². The van der Waals surface area contributed by atoms with Gasteiger partial charge in [-0.05, 0) is 30.5 Å². The first-order valence-corrected chi connectivity index (χ1v) is 10.3. The Hall–Kier alpha value is -1.93. The second kappa shape index (κ2) is 6.76. The van der Waals surface area contributed by atoms with Crippen LogP contribution in [-0.4, -0.2) is 60.6 Å². The van der Waals surface area contributed by atoms with Crippen molar-refractivity contribution in [2.75, 3.05) is 19.3 Å². The Kier molecular flexibility index (Phi) is 4.83. The zero-order valence-corrected chi connectivity index (χ0v) is 14.9. The van der Waals surface area contributed by atoms with Crippen LogP contribution in [0.25, 0.3) is 0 Å². The van der Waals surface area contributed by atoms with Crippen LogP contribution in [0.4, 0.5) is 4.79 Å². The lowest BCUT2D eigenvalue weighted by Crippen LogP contribution is -2.39. The second-order valence-corrected chi connectivity index (χ2v) is 8.73. The number of hydrogen-bond acceptors (Lipinski definition) is 5. The maximum absolute atomic E-state index is 12.5. The van der Waals surface area contributed by atoms with Gasteiger partial charge >= 0.3 is 6.03 Å². The molecule has 8 heteroatoms. The lowest BCUT2D eigenvalue weighted by Gasteiger charge is -2.24. The van der Waals surface area contributed by atoms with Crippen LogP contribution in [0.2, 0.25) is 0 Å². The number of nitrogens with zero attached hydrogens (tertiary/aromatic N) is 2. The summed E-state index contributed by atoms with van der Waals surface area (Å²) in [7, 11) is -3.31. The topological polar surface area (TPSA) is 95.0 Å². The number of aliphatic hydroxyl groups is 1. The molecule has 0 spiro atoms. The summed E-state index contributed by atoms with van der Waals surface area (Å²) in [5, 5.41) is 10.3. The third-order valence-corrected chi connectivity index (χ3v) is 6.03. The van der Waals surface area contributed by atoms with Gasteiger partial charge < -0.3 is 10.0 Å². The molecule has 3 amide bonds. The Morgan fingerprint density at radius 3 is 2.32 bits per heavy atom. The van der Waals surface area contributed by atoms with E-state index in [9.17, 15) is 23.1 Å². The van der Waals surface area contributed by atoms with Crippen LogP contribution in [0, 0.1) is 0 Å². The molecule has 1 aromatic rings. The van der Waals surface area contributed by atoms with Gasteiger partial charge in [-0.3, -0.25) is 9.69 Å². The van der Waals surface area contributed by atoms with E-state index >= 15 is 0 Å². The Bertz CT molecular complexity index is 769. The van der Waals surface area contributed by atoms with E-state index in [1.54, 1.807) is 4.90 Å². The molecule has 1 heterocycles. The van der Waals surface area contributed by atoms with Gasteiger partial charge in [0.15, 0.2) is 9.84 Å². The van der Waals surface area contributed by atoms with E-state index < -0.39 is 15.9 Å². The molecule has 3 rings (SSSR count). The number of sulfone groups is 1. The van der Waals surface area contributed by atoms with Gasteiger partial charge in [-0.15, -0.1) is 0 Å². The molecule has 1 N–H and O–H groups in total. The van der Waals surface area contributed by atoms with Crippen molar-refractivity contribution in [3.63, 3.8) is 0 Å². The summed E-state index contributed by atoms with van der Waals surface area (Å²) < 4.78 is 23.0. The fourth-order valence-electron chi connectivity index (χ4n) is 3.46. The average Bonchev–Trinajstić information content (AvgIpc) is 3.18. The van der Waals surface area contributed by atoms with E-state index in [2.05, 4.69) is 0 Å². The lowest BCUT2D eigenvalue weighted by molar-refractivity contribution is -0.126. The third-order valence-electron chi connectivity index (χ3n) is 4.90. The Labute approximate surface area is 147 Å². The molecule has 136 valence electrons. The van der Waals surface area contributed by atoms with E-state index in [-0.39, 0.29) is 36.0 Å². The molecule has 1 aliphatic heterocycles. The van der Waals surface area contributed by atoms with E-state index in [0.717, 1.165) is 36.8 Å².